The van der Waals surface area contributed by atoms with Crippen molar-refractivity contribution in [2.24, 2.45) is 5.92 Å². The molecule has 1 N–H and O–H groups in total. The zero-order valence-electron chi connectivity index (χ0n) is 10.5. The van der Waals surface area contributed by atoms with E-state index >= 15 is 0 Å². The number of nitrogens with zero attached hydrogens (tertiary/aromatic N) is 1. The van der Waals surface area contributed by atoms with Crippen molar-refractivity contribution in [2.45, 2.75) is 64.2 Å². The highest BCUT2D eigenvalue weighted by molar-refractivity contribution is 4.84. The molecule has 1 aliphatic rings. The molecule has 0 saturated carbocycles. The Morgan fingerprint density at radius 2 is 1.38 bits per heavy atom. The summed E-state index contributed by atoms with van der Waals surface area (Å²) in [5.41, 5.74) is 0. The van der Waals surface area contributed by atoms with Gasteiger partial charge < -0.3 is 5.32 Å². The fourth-order valence-electron chi connectivity index (χ4n) is 2.37. The first-order chi connectivity index (χ1) is 7.93. The highest BCUT2D eigenvalue weighted by atomic mass is 14.8. The Labute approximate surface area is 100 Å². The molecule has 1 rings (SSSR count). The van der Waals surface area contributed by atoms with Gasteiger partial charge in [-0.05, 0) is 19.4 Å². The van der Waals surface area contributed by atoms with E-state index in [1.165, 1.54) is 57.8 Å². The molecule has 1 unspecified atom stereocenters. The number of hydrogen-bond acceptors (Lipinski definition) is 2. The zero-order chi connectivity index (χ0) is 11.5. The average Bonchev–Trinajstić information content (AvgIpc) is 2.32. The summed E-state index contributed by atoms with van der Waals surface area (Å²) in [6.07, 6.45) is 13.3. The fraction of sp³-hybridized carbons (Fsp3) is 0.929. The monoisotopic (exact) mass is 222 g/mol. The van der Waals surface area contributed by atoms with Crippen LogP contribution in [0, 0.1) is 17.2 Å². The maximum absolute atomic E-state index is 9.01. The molecule has 92 valence electrons. The summed E-state index contributed by atoms with van der Waals surface area (Å²) in [6.45, 7) is 1.99. The molecule has 1 heterocycles. The Kier molecular flexibility index (Phi) is 8.16. The van der Waals surface area contributed by atoms with Crippen molar-refractivity contribution >= 4 is 0 Å². The second-order valence-corrected chi connectivity index (χ2v) is 5.00. The van der Waals surface area contributed by atoms with E-state index in [9.17, 15) is 0 Å². The van der Waals surface area contributed by atoms with Crippen LogP contribution in [-0.4, -0.2) is 13.1 Å². The van der Waals surface area contributed by atoms with Crippen LogP contribution in [0.5, 0.6) is 0 Å². The molecule has 2 heteroatoms. The van der Waals surface area contributed by atoms with Gasteiger partial charge in [0.05, 0.1) is 12.0 Å². The van der Waals surface area contributed by atoms with Gasteiger partial charge >= 0.3 is 0 Å². The van der Waals surface area contributed by atoms with Crippen LogP contribution in [0.15, 0.2) is 0 Å². The molecule has 0 aromatic heterocycles. The van der Waals surface area contributed by atoms with Gasteiger partial charge in [-0.2, -0.15) is 5.26 Å². The molecule has 0 amide bonds. The SMILES string of the molecule is N#CC1CCCCCCCCCCCNC1. The van der Waals surface area contributed by atoms with E-state index in [2.05, 4.69) is 11.4 Å². The largest absolute Gasteiger partial charge is 0.315 e. The molecule has 1 fully saturated rings. The quantitative estimate of drug-likeness (QED) is 0.679. The Bertz CT molecular complexity index is 181. The van der Waals surface area contributed by atoms with Crippen LogP contribution < -0.4 is 5.32 Å². The van der Waals surface area contributed by atoms with Crippen molar-refractivity contribution in [2.75, 3.05) is 13.1 Å². The lowest BCUT2D eigenvalue weighted by Crippen LogP contribution is -2.23. The van der Waals surface area contributed by atoms with Gasteiger partial charge in [-0.25, -0.2) is 0 Å². The Morgan fingerprint density at radius 1 is 0.812 bits per heavy atom. The molecule has 0 spiro atoms. The highest BCUT2D eigenvalue weighted by Gasteiger charge is 2.06. The van der Waals surface area contributed by atoms with Crippen molar-refractivity contribution in [3.05, 3.63) is 0 Å². The molecule has 1 aliphatic heterocycles. The lowest BCUT2D eigenvalue weighted by Gasteiger charge is -2.11. The first-order valence-electron chi connectivity index (χ1n) is 7.04. The van der Waals surface area contributed by atoms with Gasteiger partial charge in [-0.15, -0.1) is 0 Å². The minimum Gasteiger partial charge on any atom is -0.315 e. The Morgan fingerprint density at radius 3 is 2.00 bits per heavy atom. The van der Waals surface area contributed by atoms with Crippen molar-refractivity contribution in [3.8, 4) is 6.07 Å². The summed E-state index contributed by atoms with van der Waals surface area (Å²) < 4.78 is 0. The van der Waals surface area contributed by atoms with Crippen LogP contribution in [-0.2, 0) is 0 Å². The summed E-state index contributed by atoms with van der Waals surface area (Å²) in [6, 6.07) is 2.42. The van der Waals surface area contributed by atoms with Crippen LogP contribution in [0.4, 0.5) is 0 Å². The maximum atomic E-state index is 9.01. The third kappa shape index (κ3) is 6.85. The van der Waals surface area contributed by atoms with Crippen molar-refractivity contribution in [3.63, 3.8) is 0 Å². The molecule has 0 aromatic carbocycles. The van der Waals surface area contributed by atoms with Crippen molar-refractivity contribution < 1.29 is 0 Å². The van der Waals surface area contributed by atoms with Gasteiger partial charge in [0.1, 0.15) is 0 Å². The smallest absolute Gasteiger partial charge is 0.0669 e. The van der Waals surface area contributed by atoms with Crippen LogP contribution in [0.3, 0.4) is 0 Å². The standard InChI is InChI=1S/C14H26N2/c15-12-14-10-8-6-4-2-1-3-5-7-9-11-16-13-14/h14,16H,1-11,13H2. The zero-order valence-corrected chi connectivity index (χ0v) is 10.5. The first kappa shape index (κ1) is 13.5. The van der Waals surface area contributed by atoms with Crippen LogP contribution >= 0.6 is 0 Å². The van der Waals surface area contributed by atoms with Gasteiger partial charge in [0.25, 0.3) is 0 Å². The molecule has 0 bridgehead atoms. The van der Waals surface area contributed by atoms with Crippen molar-refractivity contribution in [1.82, 2.24) is 5.32 Å². The first-order valence-corrected chi connectivity index (χ1v) is 7.04. The average molecular weight is 222 g/mol. The molecule has 1 saturated heterocycles. The van der Waals surface area contributed by atoms with E-state index in [1.807, 2.05) is 0 Å². The molecule has 0 aliphatic carbocycles. The molecule has 2 nitrogen and oxygen atoms in total. The van der Waals surface area contributed by atoms with E-state index in [-0.39, 0.29) is 5.92 Å². The predicted octanol–water partition coefficient (Wildman–Crippen LogP) is 3.63. The maximum Gasteiger partial charge on any atom is 0.0669 e. The summed E-state index contributed by atoms with van der Waals surface area (Å²) in [5.74, 6) is 0.239. The topological polar surface area (TPSA) is 35.8 Å². The third-order valence-corrected chi connectivity index (χ3v) is 3.48. The summed E-state index contributed by atoms with van der Waals surface area (Å²) in [4.78, 5) is 0. The molecular formula is C14H26N2. The van der Waals surface area contributed by atoms with Gasteiger partial charge in [-0.3, -0.25) is 0 Å². The Hall–Kier alpha value is -0.550. The van der Waals surface area contributed by atoms with E-state index < -0.39 is 0 Å². The second kappa shape index (κ2) is 9.66. The number of rotatable bonds is 0. The molecular weight excluding hydrogens is 196 g/mol. The van der Waals surface area contributed by atoms with Crippen molar-refractivity contribution in [1.29, 1.82) is 5.26 Å². The molecule has 0 radical (unpaired) electrons. The minimum absolute atomic E-state index is 0.239. The molecule has 0 aromatic rings. The lowest BCUT2D eigenvalue weighted by atomic mass is 10.00. The van der Waals surface area contributed by atoms with E-state index in [0.29, 0.717) is 0 Å². The van der Waals surface area contributed by atoms with Crippen LogP contribution in [0.1, 0.15) is 64.2 Å². The third-order valence-electron chi connectivity index (χ3n) is 3.48. The summed E-state index contributed by atoms with van der Waals surface area (Å²) >= 11 is 0. The normalized spacial score (nSPS) is 26.6. The van der Waals surface area contributed by atoms with Crippen LogP contribution in [0.2, 0.25) is 0 Å². The number of hydrogen-bond donors (Lipinski definition) is 1. The predicted molar refractivity (Wildman–Crippen MR) is 68.1 cm³/mol. The molecule has 1 atom stereocenters. The van der Waals surface area contributed by atoms with Gasteiger partial charge in [0.15, 0.2) is 0 Å². The number of nitriles is 1. The fourth-order valence-corrected chi connectivity index (χ4v) is 2.37. The van der Waals surface area contributed by atoms with Gasteiger partial charge in [0, 0.05) is 6.54 Å². The van der Waals surface area contributed by atoms with E-state index in [4.69, 9.17) is 5.26 Å². The molecule has 16 heavy (non-hydrogen) atoms. The second-order valence-electron chi connectivity index (χ2n) is 5.00. The highest BCUT2D eigenvalue weighted by Crippen LogP contribution is 2.13. The lowest BCUT2D eigenvalue weighted by molar-refractivity contribution is 0.470. The van der Waals surface area contributed by atoms with E-state index in [1.54, 1.807) is 0 Å². The minimum atomic E-state index is 0.239. The number of nitrogens with one attached hydrogen (secondary N) is 1. The summed E-state index contributed by atoms with van der Waals surface area (Å²) in [5, 5.41) is 12.4. The van der Waals surface area contributed by atoms with Gasteiger partial charge in [0.2, 0.25) is 0 Å². The Balaban J connectivity index is 2.19. The summed E-state index contributed by atoms with van der Waals surface area (Å²) in [7, 11) is 0. The van der Waals surface area contributed by atoms with Gasteiger partial charge in [-0.1, -0.05) is 51.4 Å². The van der Waals surface area contributed by atoms with Crippen LogP contribution in [0.25, 0.3) is 0 Å². The van der Waals surface area contributed by atoms with E-state index in [0.717, 1.165) is 19.5 Å².